The molecule has 0 aliphatic rings. The van der Waals surface area contributed by atoms with Gasteiger partial charge in [0.05, 0.1) is 12.3 Å². The minimum absolute atomic E-state index is 0.103. The zero-order chi connectivity index (χ0) is 20.6. The van der Waals surface area contributed by atoms with E-state index in [4.69, 9.17) is 4.74 Å². The molecule has 6 nitrogen and oxygen atoms in total. The van der Waals surface area contributed by atoms with Crippen LogP contribution in [-0.2, 0) is 6.54 Å². The molecule has 2 amide bonds. The summed E-state index contributed by atoms with van der Waals surface area (Å²) in [6.45, 7) is 2.54. The quantitative estimate of drug-likeness (QED) is 0.640. The van der Waals surface area contributed by atoms with Crippen molar-refractivity contribution >= 4 is 17.5 Å². The van der Waals surface area contributed by atoms with Crippen LogP contribution >= 0.6 is 0 Å². The molecule has 29 heavy (non-hydrogen) atoms. The third-order valence-electron chi connectivity index (χ3n) is 4.02. The number of hydrogen-bond acceptors (Lipinski definition) is 4. The minimum Gasteiger partial charge on any atom is -0.492 e. The lowest BCUT2D eigenvalue weighted by Gasteiger charge is -2.11. The molecule has 3 rings (SSSR count). The number of amides is 2. The summed E-state index contributed by atoms with van der Waals surface area (Å²) in [5.41, 5.74) is 1.48. The van der Waals surface area contributed by atoms with Gasteiger partial charge in [-0.05, 0) is 48.9 Å². The molecule has 2 N–H and O–H groups in total. The maximum atomic E-state index is 13.0. The van der Waals surface area contributed by atoms with Crippen LogP contribution in [0.5, 0.6) is 5.75 Å². The van der Waals surface area contributed by atoms with Crippen LogP contribution < -0.4 is 15.4 Å². The summed E-state index contributed by atoms with van der Waals surface area (Å²) < 4.78 is 18.4. The number of benzene rings is 2. The molecule has 148 valence electrons. The average Bonchev–Trinajstić information content (AvgIpc) is 2.75. The fraction of sp³-hybridized carbons (Fsp3) is 0.136. The van der Waals surface area contributed by atoms with E-state index in [1.54, 1.807) is 36.4 Å². The van der Waals surface area contributed by atoms with Crippen molar-refractivity contribution in [3.05, 3.63) is 89.5 Å². The van der Waals surface area contributed by atoms with Gasteiger partial charge in [0.15, 0.2) is 0 Å². The van der Waals surface area contributed by atoms with E-state index in [0.717, 1.165) is 5.56 Å². The number of nitrogens with one attached hydrogen (secondary N) is 2. The molecule has 1 heterocycles. The van der Waals surface area contributed by atoms with Crippen molar-refractivity contribution in [2.24, 2.45) is 0 Å². The van der Waals surface area contributed by atoms with Gasteiger partial charge in [0.2, 0.25) is 0 Å². The predicted octanol–water partition coefficient (Wildman–Crippen LogP) is 3.80. The number of carbonyl (C=O) groups excluding carboxylic acids is 2. The third kappa shape index (κ3) is 5.38. The fourth-order valence-corrected chi connectivity index (χ4v) is 2.60. The first-order chi connectivity index (χ1) is 14.1. The third-order valence-corrected chi connectivity index (χ3v) is 4.02. The van der Waals surface area contributed by atoms with E-state index in [-0.39, 0.29) is 23.7 Å². The van der Waals surface area contributed by atoms with Gasteiger partial charge in [-0.1, -0.05) is 30.3 Å². The van der Waals surface area contributed by atoms with E-state index in [1.807, 2.05) is 13.0 Å². The number of ether oxygens (including phenoxy) is 1. The molecule has 0 atom stereocenters. The normalized spacial score (nSPS) is 10.3. The number of nitrogens with zero attached hydrogens (tertiary/aromatic N) is 1. The van der Waals surface area contributed by atoms with E-state index in [9.17, 15) is 14.0 Å². The van der Waals surface area contributed by atoms with E-state index in [1.165, 1.54) is 24.3 Å². The number of rotatable bonds is 7. The van der Waals surface area contributed by atoms with Crippen molar-refractivity contribution in [2.45, 2.75) is 13.5 Å². The standard InChI is InChI=1S/C22H20FN3O3/c1-2-29-20-9-4-3-6-17(20)26-22(28)19-8-5-7-18(25-19)21(27)24-14-15-10-12-16(23)13-11-15/h3-13H,2,14H2,1H3,(H,24,27)(H,26,28). The van der Waals surface area contributed by atoms with E-state index in [2.05, 4.69) is 15.6 Å². The first-order valence-electron chi connectivity index (χ1n) is 9.09. The van der Waals surface area contributed by atoms with E-state index in [0.29, 0.717) is 18.0 Å². The fourth-order valence-electron chi connectivity index (χ4n) is 2.60. The van der Waals surface area contributed by atoms with Gasteiger partial charge in [-0.3, -0.25) is 9.59 Å². The summed E-state index contributed by atoms with van der Waals surface area (Å²) in [6, 6.07) is 17.5. The molecule has 0 spiro atoms. The Kier molecular flexibility index (Phi) is 6.52. The van der Waals surface area contributed by atoms with Crippen LogP contribution in [0.25, 0.3) is 0 Å². The monoisotopic (exact) mass is 393 g/mol. The average molecular weight is 393 g/mol. The van der Waals surface area contributed by atoms with Crippen molar-refractivity contribution in [3.63, 3.8) is 0 Å². The van der Waals surface area contributed by atoms with Gasteiger partial charge in [-0.2, -0.15) is 0 Å². The highest BCUT2D eigenvalue weighted by atomic mass is 19.1. The van der Waals surface area contributed by atoms with Crippen LogP contribution in [0.1, 0.15) is 33.5 Å². The van der Waals surface area contributed by atoms with Gasteiger partial charge in [0, 0.05) is 6.54 Å². The summed E-state index contributed by atoms with van der Waals surface area (Å²) in [5.74, 6) is -0.674. The van der Waals surface area contributed by atoms with Gasteiger partial charge >= 0.3 is 0 Å². The summed E-state index contributed by atoms with van der Waals surface area (Å²) in [7, 11) is 0. The molecule has 3 aromatic rings. The molecule has 0 saturated carbocycles. The van der Waals surface area contributed by atoms with Crippen molar-refractivity contribution < 1.29 is 18.7 Å². The van der Waals surface area contributed by atoms with E-state index < -0.39 is 11.8 Å². The van der Waals surface area contributed by atoms with Gasteiger partial charge < -0.3 is 15.4 Å². The molecule has 0 fully saturated rings. The highest BCUT2D eigenvalue weighted by Crippen LogP contribution is 2.24. The van der Waals surface area contributed by atoms with Crippen molar-refractivity contribution in [3.8, 4) is 5.75 Å². The zero-order valence-corrected chi connectivity index (χ0v) is 15.8. The molecule has 0 aliphatic carbocycles. The smallest absolute Gasteiger partial charge is 0.274 e. The molecule has 1 aromatic heterocycles. The molecule has 0 aliphatic heterocycles. The van der Waals surface area contributed by atoms with Crippen molar-refractivity contribution in [1.82, 2.24) is 10.3 Å². The number of carbonyl (C=O) groups is 2. The lowest BCUT2D eigenvalue weighted by Crippen LogP contribution is -2.25. The minimum atomic E-state index is -0.453. The number of aromatic nitrogens is 1. The Labute approximate surface area is 167 Å². The Morgan fingerprint density at radius 3 is 2.34 bits per heavy atom. The van der Waals surface area contributed by atoms with Gasteiger partial charge in [0.25, 0.3) is 11.8 Å². The predicted molar refractivity (Wildman–Crippen MR) is 107 cm³/mol. The Morgan fingerprint density at radius 1 is 0.931 bits per heavy atom. The van der Waals surface area contributed by atoms with E-state index >= 15 is 0 Å². The van der Waals surface area contributed by atoms with Gasteiger partial charge in [-0.25, -0.2) is 9.37 Å². The highest BCUT2D eigenvalue weighted by molar-refractivity contribution is 6.04. The number of para-hydroxylation sites is 2. The first-order valence-corrected chi connectivity index (χ1v) is 9.09. The van der Waals surface area contributed by atoms with Crippen LogP contribution in [0, 0.1) is 5.82 Å². The number of pyridine rings is 1. The van der Waals surface area contributed by atoms with Crippen LogP contribution in [0.2, 0.25) is 0 Å². The number of anilines is 1. The molecular formula is C22H20FN3O3. The summed E-state index contributed by atoms with van der Waals surface area (Å²) in [6.07, 6.45) is 0. The Morgan fingerprint density at radius 2 is 1.62 bits per heavy atom. The summed E-state index contributed by atoms with van der Waals surface area (Å²) in [4.78, 5) is 29.1. The van der Waals surface area contributed by atoms with Crippen LogP contribution in [0.4, 0.5) is 10.1 Å². The summed E-state index contributed by atoms with van der Waals surface area (Å²) in [5, 5.41) is 5.45. The molecule has 0 radical (unpaired) electrons. The van der Waals surface area contributed by atoms with Crippen LogP contribution in [0.15, 0.2) is 66.7 Å². The topological polar surface area (TPSA) is 80.3 Å². The molecule has 0 bridgehead atoms. The first kappa shape index (κ1) is 20.0. The van der Waals surface area contributed by atoms with Gasteiger partial charge in [-0.15, -0.1) is 0 Å². The van der Waals surface area contributed by atoms with Crippen LogP contribution in [0.3, 0.4) is 0 Å². The summed E-state index contributed by atoms with van der Waals surface area (Å²) >= 11 is 0. The molecule has 0 unspecified atom stereocenters. The molecule has 2 aromatic carbocycles. The maximum absolute atomic E-state index is 13.0. The molecular weight excluding hydrogens is 373 g/mol. The number of halogens is 1. The molecule has 7 heteroatoms. The largest absolute Gasteiger partial charge is 0.492 e. The second-order valence-electron chi connectivity index (χ2n) is 6.10. The SMILES string of the molecule is CCOc1ccccc1NC(=O)c1cccc(C(=O)NCc2ccc(F)cc2)n1. The Hall–Kier alpha value is -3.74. The van der Waals surface area contributed by atoms with Crippen molar-refractivity contribution in [1.29, 1.82) is 0 Å². The highest BCUT2D eigenvalue weighted by Gasteiger charge is 2.14. The lowest BCUT2D eigenvalue weighted by molar-refractivity contribution is 0.0945. The Balaban J connectivity index is 1.67. The number of hydrogen-bond donors (Lipinski definition) is 2. The van der Waals surface area contributed by atoms with Gasteiger partial charge in [0.1, 0.15) is 23.0 Å². The maximum Gasteiger partial charge on any atom is 0.274 e. The lowest BCUT2D eigenvalue weighted by atomic mass is 10.2. The second-order valence-corrected chi connectivity index (χ2v) is 6.10. The zero-order valence-electron chi connectivity index (χ0n) is 15.8. The van der Waals surface area contributed by atoms with Crippen LogP contribution in [-0.4, -0.2) is 23.4 Å². The molecule has 0 saturated heterocycles. The second kappa shape index (κ2) is 9.45. The van der Waals surface area contributed by atoms with Crippen molar-refractivity contribution in [2.75, 3.05) is 11.9 Å². The Bertz CT molecular complexity index is 1010.